The number of carbonyl (C=O) groups is 1. The maximum atomic E-state index is 11.8. The van der Waals surface area contributed by atoms with Crippen LogP contribution in [0.4, 0.5) is 0 Å². The van der Waals surface area contributed by atoms with Crippen molar-refractivity contribution in [3.05, 3.63) is 0 Å². The van der Waals surface area contributed by atoms with Crippen LogP contribution in [0.1, 0.15) is 27.2 Å². The molecular weight excluding hydrogens is 261 g/mol. The number of hydrogen-bond acceptors (Lipinski definition) is 4. The van der Waals surface area contributed by atoms with E-state index < -0.39 is 24.8 Å². The Morgan fingerprint density at radius 3 is 2.44 bits per heavy atom. The lowest BCUT2D eigenvalue weighted by Crippen LogP contribution is -2.33. The van der Waals surface area contributed by atoms with E-state index in [4.69, 9.17) is 14.6 Å². The molecule has 0 spiro atoms. The molecule has 0 radical (unpaired) electrons. The molecule has 0 aromatic carbocycles. The van der Waals surface area contributed by atoms with Crippen molar-refractivity contribution in [3.63, 3.8) is 0 Å². The molecule has 106 valence electrons. The summed E-state index contributed by atoms with van der Waals surface area (Å²) < 4.78 is 10.9. The van der Waals surface area contributed by atoms with Crippen molar-refractivity contribution in [2.75, 3.05) is 13.2 Å². The smallest absolute Gasteiger partial charge is 0.354 e. The Morgan fingerprint density at radius 1 is 1.50 bits per heavy atom. The normalized spacial score (nSPS) is 23.2. The second kappa shape index (κ2) is 5.27. The zero-order chi connectivity index (χ0) is 14.1. The predicted molar refractivity (Wildman–Crippen MR) is 63.3 cm³/mol. The van der Waals surface area contributed by atoms with Crippen molar-refractivity contribution in [2.45, 2.75) is 33.0 Å². The molecule has 0 aromatic heterocycles. The van der Waals surface area contributed by atoms with Crippen LogP contribution in [0, 0.1) is 11.3 Å². The summed E-state index contributed by atoms with van der Waals surface area (Å²) in [6.07, 6.45) is 0.258. The average Bonchev–Trinajstić information content (AvgIpc) is 2.49. The number of nitrogens with zero attached hydrogens (tertiary/aromatic N) is 1. The fourth-order valence-corrected chi connectivity index (χ4v) is 2.48. The van der Waals surface area contributed by atoms with Crippen LogP contribution in [-0.2, 0) is 14.2 Å². The standard InChI is InChI=1S/C10H20NO6P/c1-7(8(12)18(14,15)16)4-5-11-9(13)10(2,3)6-17-11/h7-8,12H,4-6H2,1-3H3,(H2,14,15,16). The number of aliphatic hydroxyl groups excluding tert-OH is 1. The van der Waals surface area contributed by atoms with Crippen molar-refractivity contribution >= 4 is 13.5 Å². The van der Waals surface area contributed by atoms with E-state index in [9.17, 15) is 14.5 Å². The molecule has 2 atom stereocenters. The molecule has 1 saturated heterocycles. The minimum absolute atomic E-state index is 0.152. The molecule has 1 rings (SSSR count). The highest BCUT2D eigenvalue weighted by Gasteiger charge is 2.41. The summed E-state index contributed by atoms with van der Waals surface area (Å²) >= 11 is 0. The summed E-state index contributed by atoms with van der Waals surface area (Å²) in [7, 11) is -4.50. The van der Waals surface area contributed by atoms with Gasteiger partial charge in [-0.3, -0.25) is 14.2 Å². The Kier molecular flexibility index (Phi) is 4.56. The minimum Gasteiger partial charge on any atom is -0.380 e. The molecule has 0 aromatic rings. The fourth-order valence-electron chi connectivity index (χ4n) is 1.66. The van der Waals surface area contributed by atoms with E-state index in [1.54, 1.807) is 13.8 Å². The van der Waals surface area contributed by atoms with Gasteiger partial charge in [0.15, 0.2) is 5.85 Å². The van der Waals surface area contributed by atoms with Gasteiger partial charge >= 0.3 is 7.60 Å². The molecule has 1 fully saturated rings. The first-order chi connectivity index (χ1) is 8.05. The Hall–Kier alpha value is -0.460. The predicted octanol–water partition coefficient (Wildman–Crippen LogP) is 0.309. The van der Waals surface area contributed by atoms with Gasteiger partial charge in [0.1, 0.15) is 0 Å². The van der Waals surface area contributed by atoms with Gasteiger partial charge < -0.3 is 14.9 Å². The summed E-state index contributed by atoms with van der Waals surface area (Å²) in [6, 6.07) is 0. The molecular formula is C10H20NO6P. The summed E-state index contributed by atoms with van der Waals surface area (Å²) in [5, 5.41) is 10.6. The Labute approximate surface area is 106 Å². The lowest BCUT2D eigenvalue weighted by atomic mass is 9.95. The lowest BCUT2D eigenvalue weighted by molar-refractivity contribution is -0.163. The number of aliphatic hydroxyl groups is 1. The van der Waals surface area contributed by atoms with E-state index in [2.05, 4.69) is 0 Å². The second-order valence-electron chi connectivity index (χ2n) is 5.33. The van der Waals surface area contributed by atoms with Crippen molar-refractivity contribution in [1.82, 2.24) is 5.06 Å². The van der Waals surface area contributed by atoms with Crippen LogP contribution in [0.15, 0.2) is 0 Å². The van der Waals surface area contributed by atoms with Crippen molar-refractivity contribution in [2.24, 2.45) is 11.3 Å². The number of amides is 1. The van der Waals surface area contributed by atoms with E-state index in [-0.39, 0.29) is 18.9 Å². The molecule has 2 unspecified atom stereocenters. The Morgan fingerprint density at radius 2 is 2.06 bits per heavy atom. The van der Waals surface area contributed by atoms with E-state index in [1.807, 2.05) is 0 Å². The van der Waals surface area contributed by atoms with E-state index in [0.29, 0.717) is 6.61 Å². The number of hydroxylamine groups is 2. The molecule has 1 aliphatic rings. The molecule has 7 nitrogen and oxygen atoms in total. The number of hydrogen-bond donors (Lipinski definition) is 3. The van der Waals surface area contributed by atoms with Gasteiger partial charge in [0.25, 0.3) is 5.91 Å². The summed E-state index contributed by atoms with van der Waals surface area (Å²) in [4.78, 5) is 34.7. The van der Waals surface area contributed by atoms with E-state index >= 15 is 0 Å². The van der Waals surface area contributed by atoms with Gasteiger partial charge in [-0.25, -0.2) is 5.06 Å². The van der Waals surface area contributed by atoms with Crippen LogP contribution < -0.4 is 0 Å². The van der Waals surface area contributed by atoms with E-state index in [1.165, 1.54) is 12.0 Å². The van der Waals surface area contributed by atoms with Gasteiger partial charge in [-0.15, -0.1) is 0 Å². The van der Waals surface area contributed by atoms with Gasteiger partial charge in [-0.1, -0.05) is 6.92 Å². The molecule has 1 amide bonds. The first-order valence-corrected chi connectivity index (χ1v) is 7.42. The molecule has 0 bridgehead atoms. The molecule has 3 N–H and O–H groups in total. The zero-order valence-corrected chi connectivity index (χ0v) is 11.6. The Balaban J connectivity index is 2.48. The van der Waals surface area contributed by atoms with Crippen LogP contribution in [0.2, 0.25) is 0 Å². The third kappa shape index (κ3) is 3.52. The first-order valence-electron chi connectivity index (χ1n) is 5.74. The maximum absolute atomic E-state index is 11.8. The number of carbonyl (C=O) groups excluding carboxylic acids is 1. The van der Waals surface area contributed by atoms with Crippen LogP contribution in [0.25, 0.3) is 0 Å². The highest BCUT2D eigenvalue weighted by atomic mass is 31.2. The third-order valence-corrected chi connectivity index (χ3v) is 4.23. The van der Waals surface area contributed by atoms with E-state index in [0.717, 1.165) is 0 Å². The average molecular weight is 281 g/mol. The van der Waals surface area contributed by atoms with Crippen molar-refractivity contribution in [1.29, 1.82) is 0 Å². The highest BCUT2D eigenvalue weighted by molar-refractivity contribution is 7.52. The van der Waals surface area contributed by atoms with Gasteiger partial charge in [0.2, 0.25) is 0 Å². The highest BCUT2D eigenvalue weighted by Crippen LogP contribution is 2.44. The zero-order valence-electron chi connectivity index (χ0n) is 10.7. The SMILES string of the molecule is CC(CCN1OCC(C)(C)C1=O)C(O)P(=O)(O)O. The van der Waals surface area contributed by atoms with Crippen molar-refractivity contribution < 1.29 is 29.1 Å². The monoisotopic (exact) mass is 281 g/mol. The molecule has 8 heteroatoms. The Bertz CT molecular complexity index is 365. The van der Waals surface area contributed by atoms with Crippen molar-refractivity contribution in [3.8, 4) is 0 Å². The molecule has 18 heavy (non-hydrogen) atoms. The summed E-state index contributed by atoms with van der Waals surface area (Å²) in [5.74, 6) is -2.48. The lowest BCUT2D eigenvalue weighted by Gasteiger charge is -2.22. The van der Waals surface area contributed by atoms with Gasteiger partial charge in [-0.2, -0.15) is 0 Å². The van der Waals surface area contributed by atoms with Crippen LogP contribution in [0.5, 0.6) is 0 Å². The van der Waals surface area contributed by atoms with Crippen LogP contribution >= 0.6 is 7.60 Å². The van der Waals surface area contributed by atoms with Crippen LogP contribution in [0.3, 0.4) is 0 Å². The minimum atomic E-state index is -4.50. The quantitative estimate of drug-likeness (QED) is 0.626. The first kappa shape index (κ1) is 15.6. The third-order valence-electron chi connectivity index (χ3n) is 3.03. The summed E-state index contributed by atoms with van der Waals surface area (Å²) in [5.41, 5.74) is -0.564. The summed E-state index contributed by atoms with van der Waals surface area (Å²) in [6.45, 7) is 5.56. The topological polar surface area (TPSA) is 107 Å². The maximum Gasteiger partial charge on any atom is 0.354 e. The van der Waals surface area contributed by atoms with Gasteiger partial charge in [0, 0.05) is 6.54 Å². The van der Waals surface area contributed by atoms with Crippen LogP contribution in [-0.4, -0.2) is 44.9 Å². The van der Waals surface area contributed by atoms with Gasteiger partial charge in [-0.05, 0) is 26.2 Å². The molecule has 0 saturated carbocycles. The molecule has 1 heterocycles. The molecule has 1 aliphatic heterocycles. The number of rotatable bonds is 5. The molecule has 0 aliphatic carbocycles. The second-order valence-corrected chi connectivity index (χ2v) is 7.04. The largest absolute Gasteiger partial charge is 0.380 e. The fraction of sp³-hybridized carbons (Fsp3) is 0.900. The van der Waals surface area contributed by atoms with Gasteiger partial charge in [0.05, 0.1) is 12.0 Å².